The summed E-state index contributed by atoms with van der Waals surface area (Å²) in [5.41, 5.74) is 2.85. The molecule has 1 fully saturated rings. The smallest absolute Gasteiger partial charge is 0.244 e. The molecule has 0 radical (unpaired) electrons. The van der Waals surface area contributed by atoms with Crippen LogP contribution in [0.4, 0.5) is 0 Å². The normalized spacial score (nSPS) is 14.7. The van der Waals surface area contributed by atoms with Crippen LogP contribution in [0.15, 0.2) is 30.6 Å². The van der Waals surface area contributed by atoms with Gasteiger partial charge in [0.15, 0.2) is 11.5 Å². The summed E-state index contributed by atoms with van der Waals surface area (Å²) >= 11 is 0. The van der Waals surface area contributed by atoms with E-state index in [0.29, 0.717) is 0 Å². The lowest BCUT2D eigenvalue weighted by atomic mass is 10.2. The average Bonchev–Trinajstić information content (AvgIpc) is 3.28. The maximum Gasteiger partial charge on any atom is 0.244 e. The van der Waals surface area contributed by atoms with Crippen LogP contribution in [-0.4, -0.2) is 43.2 Å². The van der Waals surface area contributed by atoms with Crippen LogP contribution < -0.4 is 0 Å². The number of aryl methyl sites for hydroxylation is 2. The van der Waals surface area contributed by atoms with E-state index >= 15 is 0 Å². The number of pyridine rings is 1. The number of amides is 1. The van der Waals surface area contributed by atoms with Crippen LogP contribution in [0, 0.1) is 13.8 Å². The second kappa shape index (κ2) is 5.78. The largest absolute Gasteiger partial charge is 0.341 e. The van der Waals surface area contributed by atoms with E-state index in [-0.39, 0.29) is 12.5 Å². The molecule has 0 bridgehead atoms. The Morgan fingerprint density at radius 1 is 1.17 bits per heavy atom. The Bertz CT molecular complexity index is 888. The van der Waals surface area contributed by atoms with Crippen molar-refractivity contribution in [3.05, 3.63) is 41.9 Å². The lowest BCUT2D eigenvalue weighted by Crippen LogP contribution is -2.31. The van der Waals surface area contributed by atoms with Crippen LogP contribution in [0.2, 0.25) is 0 Å². The third-order valence-corrected chi connectivity index (χ3v) is 4.60. The zero-order valence-electron chi connectivity index (χ0n) is 14.1. The topological polar surface area (TPSA) is 56.0 Å². The van der Waals surface area contributed by atoms with Gasteiger partial charge in [-0.15, -0.1) is 0 Å². The van der Waals surface area contributed by atoms with E-state index in [9.17, 15) is 4.79 Å². The van der Waals surface area contributed by atoms with E-state index < -0.39 is 0 Å². The van der Waals surface area contributed by atoms with Crippen LogP contribution in [-0.2, 0) is 11.3 Å². The maximum absolute atomic E-state index is 12.6. The van der Waals surface area contributed by atoms with Gasteiger partial charge in [-0.3, -0.25) is 4.79 Å². The molecule has 0 aromatic carbocycles. The van der Waals surface area contributed by atoms with Crippen molar-refractivity contribution >= 4 is 16.9 Å². The summed E-state index contributed by atoms with van der Waals surface area (Å²) < 4.78 is 3.73. The first-order valence-corrected chi connectivity index (χ1v) is 8.39. The molecule has 6 nitrogen and oxygen atoms in total. The van der Waals surface area contributed by atoms with Crippen molar-refractivity contribution in [2.75, 3.05) is 13.1 Å². The molecule has 3 aromatic rings. The monoisotopic (exact) mass is 323 g/mol. The standard InChI is InChI=1S/C18H21N5O/c1-13-11-14(2)19-17-16(13)18(22-9-5-6-10-22)20-23(17)12-15(24)21-7-3-4-8-21/h5-6,9-11H,3-4,7-8,12H2,1-2H3. The van der Waals surface area contributed by atoms with Crippen molar-refractivity contribution in [1.29, 1.82) is 0 Å². The van der Waals surface area contributed by atoms with Gasteiger partial charge in [-0.25, -0.2) is 9.67 Å². The number of carbonyl (C=O) groups excluding carboxylic acids is 1. The first-order valence-electron chi connectivity index (χ1n) is 8.39. The molecule has 24 heavy (non-hydrogen) atoms. The maximum atomic E-state index is 12.6. The number of likely N-dealkylation sites (tertiary alicyclic amines) is 1. The van der Waals surface area contributed by atoms with Crippen molar-refractivity contribution in [2.24, 2.45) is 0 Å². The fourth-order valence-corrected chi connectivity index (χ4v) is 3.45. The van der Waals surface area contributed by atoms with E-state index in [0.717, 1.165) is 54.0 Å². The van der Waals surface area contributed by atoms with Gasteiger partial charge in [0.1, 0.15) is 6.54 Å². The Balaban J connectivity index is 1.81. The Hall–Kier alpha value is -2.63. The molecular weight excluding hydrogens is 302 g/mol. The first kappa shape index (κ1) is 14.9. The zero-order chi connectivity index (χ0) is 16.7. The van der Waals surface area contributed by atoms with Gasteiger partial charge in [-0.05, 0) is 50.5 Å². The van der Waals surface area contributed by atoms with Gasteiger partial charge in [0, 0.05) is 31.2 Å². The fourth-order valence-electron chi connectivity index (χ4n) is 3.45. The van der Waals surface area contributed by atoms with Crippen molar-refractivity contribution in [3.63, 3.8) is 0 Å². The molecular formula is C18H21N5O. The molecule has 1 saturated heterocycles. The number of aromatic nitrogens is 4. The SMILES string of the molecule is Cc1cc(C)c2c(-n3cccc3)nn(CC(=O)N3CCCC3)c2n1. The van der Waals surface area contributed by atoms with Crippen LogP contribution in [0.25, 0.3) is 16.9 Å². The van der Waals surface area contributed by atoms with E-state index in [4.69, 9.17) is 5.10 Å². The van der Waals surface area contributed by atoms with E-state index in [2.05, 4.69) is 18.0 Å². The van der Waals surface area contributed by atoms with Crippen molar-refractivity contribution in [2.45, 2.75) is 33.2 Å². The van der Waals surface area contributed by atoms with Crippen molar-refractivity contribution in [1.82, 2.24) is 24.2 Å². The molecule has 0 N–H and O–H groups in total. The van der Waals surface area contributed by atoms with Crippen LogP contribution >= 0.6 is 0 Å². The average molecular weight is 323 g/mol. The summed E-state index contributed by atoms with van der Waals surface area (Å²) in [7, 11) is 0. The van der Waals surface area contributed by atoms with Gasteiger partial charge in [-0.1, -0.05) is 0 Å². The van der Waals surface area contributed by atoms with E-state index in [1.165, 1.54) is 0 Å². The number of hydrogen-bond acceptors (Lipinski definition) is 3. The number of rotatable bonds is 3. The van der Waals surface area contributed by atoms with Gasteiger partial charge in [0.05, 0.1) is 5.39 Å². The lowest BCUT2D eigenvalue weighted by molar-refractivity contribution is -0.130. The minimum Gasteiger partial charge on any atom is -0.341 e. The summed E-state index contributed by atoms with van der Waals surface area (Å²) in [6.45, 7) is 6.00. The first-order chi connectivity index (χ1) is 11.6. The highest BCUT2D eigenvalue weighted by Crippen LogP contribution is 2.25. The number of fused-ring (bicyclic) bond motifs is 1. The molecule has 1 aliphatic heterocycles. The van der Waals surface area contributed by atoms with Crippen LogP contribution in [0.3, 0.4) is 0 Å². The predicted octanol–water partition coefficient (Wildman–Crippen LogP) is 2.46. The van der Waals surface area contributed by atoms with Gasteiger partial charge < -0.3 is 9.47 Å². The second-order valence-corrected chi connectivity index (χ2v) is 6.44. The summed E-state index contributed by atoms with van der Waals surface area (Å²) in [4.78, 5) is 19.1. The molecule has 3 aromatic heterocycles. The number of hydrogen-bond donors (Lipinski definition) is 0. The minimum atomic E-state index is 0.122. The Morgan fingerprint density at radius 2 is 1.88 bits per heavy atom. The molecule has 124 valence electrons. The predicted molar refractivity (Wildman–Crippen MR) is 92.1 cm³/mol. The highest BCUT2D eigenvalue weighted by atomic mass is 16.2. The van der Waals surface area contributed by atoms with Gasteiger partial charge >= 0.3 is 0 Å². The highest BCUT2D eigenvalue weighted by molar-refractivity contribution is 5.88. The molecule has 6 heteroatoms. The molecule has 0 saturated carbocycles. The quantitative estimate of drug-likeness (QED) is 0.744. The Kier molecular flexibility index (Phi) is 3.59. The molecule has 4 rings (SSSR count). The summed E-state index contributed by atoms with van der Waals surface area (Å²) in [6, 6.07) is 6.00. The van der Waals surface area contributed by atoms with E-state index in [1.807, 2.05) is 40.9 Å². The molecule has 1 amide bonds. The van der Waals surface area contributed by atoms with Gasteiger partial charge in [0.25, 0.3) is 0 Å². The molecule has 0 aliphatic carbocycles. The van der Waals surface area contributed by atoms with Crippen LogP contribution in [0.1, 0.15) is 24.1 Å². The Labute approximate surface area is 140 Å². The Morgan fingerprint density at radius 3 is 2.58 bits per heavy atom. The van der Waals surface area contributed by atoms with Gasteiger partial charge in [-0.2, -0.15) is 5.10 Å². The highest BCUT2D eigenvalue weighted by Gasteiger charge is 2.22. The molecule has 4 heterocycles. The van der Waals surface area contributed by atoms with Gasteiger partial charge in [0.2, 0.25) is 5.91 Å². The molecule has 0 spiro atoms. The van der Waals surface area contributed by atoms with Crippen molar-refractivity contribution < 1.29 is 4.79 Å². The molecule has 1 aliphatic rings. The van der Waals surface area contributed by atoms with E-state index in [1.54, 1.807) is 4.68 Å². The summed E-state index contributed by atoms with van der Waals surface area (Å²) in [5.74, 6) is 0.950. The second-order valence-electron chi connectivity index (χ2n) is 6.44. The fraction of sp³-hybridized carbons (Fsp3) is 0.389. The lowest BCUT2D eigenvalue weighted by Gasteiger charge is -2.15. The third kappa shape index (κ3) is 2.48. The van der Waals surface area contributed by atoms with Crippen LogP contribution in [0.5, 0.6) is 0 Å². The summed E-state index contributed by atoms with van der Waals surface area (Å²) in [5, 5.41) is 5.72. The minimum absolute atomic E-state index is 0.122. The number of carbonyl (C=O) groups is 1. The summed E-state index contributed by atoms with van der Waals surface area (Å²) in [6.07, 6.45) is 6.12. The molecule has 0 unspecified atom stereocenters. The molecule has 0 atom stereocenters. The zero-order valence-corrected chi connectivity index (χ0v) is 14.1. The third-order valence-electron chi connectivity index (χ3n) is 4.60. The number of nitrogens with zero attached hydrogens (tertiary/aromatic N) is 5. The van der Waals surface area contributed by atoms with Crippen molar-refractivity contribution in [3.8, 4) is 5.82 Å².